The summed E-state index contributed by atoms with van der Waals surface area (Å²) in [4.78, 5) is 16.3. The molecule has 1 aromatic rings. The van der Waals surface area contributed by atoms with E-state index in [1.165, 1.54) is 6.07 Å². The molecule has 2 saturated heterocycles. The van der Waals surface area contributed by atoms with E-state index in [-0.39, 0.29) is 17.5 Å². The van der Waals surface area contributed by atoms with E-state index in [9.17, 15) is 13.6 Å². The number of benzene rings is 1. The van der Waals surface area contributed by atoms with Gasteiger partial charge in [0.2, 0.25) is 0 Å². The Morgan fingerprint density at radius 1 is 1.22 bits per heavy atom. The van der Waals surface area contributed by atoms with E-state index >= 15 is 0 Å². The Balaban J connectivity index is 1.85. The summed E-state index contributed by atoms with van der Waals surface area (Å²) in [6.07, 6.45) is 0.939. The molecule has 3 nitrogen and oxygen atoms in total. The van der Waals surface area contributed by atoms with Crippen molar-refractivity contribution in [2.24, 2.45) is 0 Å². The number of nitrogens with zero attached hydrogens (tertiary/aromatic N) is 2. The number of carbonyl (C=O) groups is 1. The molecule has 2 aliphatic rings. The summed E-state index contributed by atoms with van der Waals surface area (Å²) in [5, 5.41) is 0. The number of amides is 1. The zero-order valence-corrected chi connectivity index (χ0v) is 9.90. The van der Waals surface area contributed by atoms with Crippen molar-refractivity contribution in [1.29, 1.82) is 0 Å². The molecule has 2 atom stereocenters. The number of carbonyl (C=O) groups excluding carboxylic acids is 1. The number of fused-ring (bicyclic) bond motifs is 2. The molecule has 0 spiro atoms. The zero-order valence-electron chi connectivity index (χ0n) is 9.90. The first kappa shape index (κ1) is 11.6. The maximum Gasteiger partial charge on any atom is 0.257 e. The molecule has 5 heteroatoms. The van der Waals surface area contributed by atoms with Gasteiger partial charge in [-0.1, -0.05) is 0 Å². The molecular weight excluding hydrogens is 238 g/mol. The van der Waals surface area contributed by atoms with Gasteiger partial charge < -0.3 is 4.90 Å². The number of hydrogen-bond acceptors (Lipinski definition) is 2. The highest BCUT2D eigenvalue weighted by Crippen LogP contribution is 2.23. The first-order valence-electron chi connectivity index (χ1n) is 6.13. The maximum absolute atomic E-state index is 13.6. The smallest absolute Gasteiger partial charge is 0.257 e. The van der Waals surface area contributed by atoms with Crippen LogP contribution in [-0.4, -0.2) is 47.9 Å². The molecule has 2 fully saturated rings. The zero-order chi connectivity index (χ0) is 12.7. The van der Waals surface area contributed by atoms with Crippen LogP contribution in [0.4, 0.5) is 8.78 Å². The van der Waals surface area contributed by atoms with Gasteiger partial charge in [-0.15, -0.1) is 0 Å². The molecule has 18 heavy (non-hydrogen) atoms. The van der Waals surface area contributed by atoms with Gasteiger partial charge in [0.1, 0.15) is 11.6 Å². The average Bonchev–Trinajstić information content (AvgIpc) is 2.71. The van der Waals surface area contributed by atoms with Crippen molar-refractivity contribution in [2.75, 3.05) is 26.2 Å². The first-order chi connectivity index (χ1) is 8.65. The Hall–Kier alpha value is -1.49. The highest BCUT2D eigenvalue weighted by Gasteiger charge is 2.36. The predicted octanol–water partition coefficient (Wildman–Crippen LogP) is 1.49. The SMILES string of the molecule is O=C(c1ccc(F)cc1F)N1CCN2CCC1C2. The third kappa shape index (κ3) is 1.88. The quantitative estimate of drug-likeness (QED) is 0.756. The van der Waals surface area contributed by atoms with Crippen LogP contribution >= 0.6 is 0 Å². The lowest BCUT2D eigenvalue weighted by atomic mass is 10.1. The van der Waals surface area contributed by atoms with E-state index in [0.717, 1.165) is 38.2 Å². The topological polar surface area (TPSA) is 23.6 Å². The van der Waals surface area contributed by atoms with Gasteiger partial charge in [-0.25, -0.2) is 8.78 Å². The van der Waals surface area contributed by atoms with Crippen molar-refractivity contribution in [1.82, 2.24) is 9.80 Å². The second-order valence-electron chi connectivity index (χ2n) is 4.87. The van der Waals surface area contributed by atoms with E-state index in [1.54, 1.807) is 4.90 Å². The van der Waals surface area contributed by atoms with E-state index < -0.39 is 11.6 Å². The first-order valence-corrected chi connectivity index (χ1v) is 6.13. The molecule has 0 saturated carbocycles. The molecule has 96 valence electrons. The molecule has 0 radical (unpaired) electrons. The lowest BCUT2D eigenvalue weighted by molar-refractivity contribution is 0.0604. The molecule has 1 amide bonds. The average molecular weight is 252 g/mol. The lowest BCUT2D eigenvalue weighted by Gasteiger charge is -2.34. The van der Waals surface area contributed by atoms with Crippen LogP contribution in [0.5, 0.6) is 0 Å². The van der Waals surface area contributed by atoms with Crippen molar-refractivity contribution in [2.45, 2.75) is 12.5 Å². The van der Waals surface area contributed by atoms with Gasteiger partial charge in [0.15, 0.2) is 0 Å². The van der Waals surface area contributed by atoms with E-state index in [4.69, 9.17) is 0 Å². The van der Waals surface area contributed by atoms with Crippen LogP contribution in [0, 0.1) is 11.6 Å². The summed E-state index contributed by atoms with van der Waals surface area (Å²) in [5.41, 5.74) is -0.0308. The Morgan fingerprint density at radius 3 is 2.83 bits per heavy atom. The number of hydrogen-bond donors (Lipinski definition) is 0. The molecule has 2 heterocycles. The normalized spacial score (nSPS) is 26.4. The third-order valence-electron chi connectivity index (χ3n) is 3.77. The fraction of sp³-hybridized carbons (Fsp3) is 0.462. The van der Waals surface area contributed by atoms with E-state index in [1.807, 2.05) is 0 Å². The molecule has 2 unspecified atom stereocenters. The van der Waals surface area contributed by atoms with Crippen LogP contribution in [0.25, 0.3) is 0 Å². The van der Waals surface area contributed by atoms with Crippen molar-refractivity contribution >= 4 is 5.91 Å². The van der Waals surface area contributed by atoms with E-state index in [0.29, 0.717) is 6.54 Å². The van der Waals surface area contributed by atoms with Gasteiger partial charge in [-0.05, 0) is 18.6 Å². The van der Waals surface area contributed by atoms with Gasteiger partial charge in [0, 0.05) is 38.3 Å². The Bertz CT molecular complexity index is 492. The summed E-state index contributed by atoms with van der Waals surface area (Å²) in [5.74, 6) is -1.76. The predicted molar refractivity (Wildman–Crippen MR) is 62.2 cm³/mol. The second-order valence-corrected chi connectivity index (χ2v) is 4.87. The van der Waals surface area contributed by atoms with Crippen molar-refractivity contribution in [3.63, 3.8) is 0 Å². The Labute approximate surface area is 104 Å². The second kappa shape index (κ2) is 4.31. The van der Waals surface area contributed by atoms with Crippen LogP contribution in [0.1, 0.15) is 16.8 Å². The largest absolute Gasteiger partial charge is 0.333 e. The molecule has 0 N–H and O–H groups in total. The maximum atomic E-state index is 13.6. The van der Waals surface area contributed by atoms with Crippen molar-refractivity contribution < 1.29 is 13.6 Å². The van der Waals surface area contributed by atoms with Gasteiger partial charge >= 0.3 is 0 Å². The summed E-state index contributed by atoms with van der Waals surface area (Å²) in [7, 11) is 0. The fourth-order valence-electron chi connectivity index (χ4n) is 2.79. The minimum atomic E-state index is -0.777. The van der Waals surface area contributed by atoms with Crippen LogP contribution < -0.4 is 0 Å². The van der Waals surface area contributed by atoms with Gasteiger partial charge in [0.05, 0.1) is 5.56 Å². The Morgan fingerprint density at radius 2 is 2.06 bits per heavy atom. The van der Waals surface area contributed by atoms with Crippen LogP contribution in [-0.2, 0) is 0 Å². The summed E-state index contributed by atoms with van der Waals surface area (Å²) < 4.78 is 26.4. The minimum absolute atomic E-state index is 0.0308. The molecule has 2 aliphatic heterocycles. The molecular formula is C13H14F2N2O. The summed E-state index contributed by atoms with van der Waals surface area (Å²) in [6, 6.07) is 3.30. The van der Waals surface area contributed by atoms with Gasteiger partial charge in [0.25, 0.3) is 5.91 Å². The molecule has 2 bridgehead atoms. The molecule has 1 aromatic carbocycles. The monoisotopic (exact) mass is 252 g/mol. The van der Waals surface area contributed by atoms with E-state index in [2.05, 4.69) is 4.90 Å². The summed E-state index contributed by atoms with van der Waals surface area (Å²) in [6.45, 7) is 3.33. The number of halogens is 2. The van der Waals surface area contributed by atoms with Gasteiger partial charge in [-0.3, -0.25) is 9.69 Å². The standard InChI is InChI=1S/C13H14F2N2O/c14-9-1-2-11(12(15)7-9)13(18)17-6-5-16-4-3-10(17)8-16/h1-2,7,10H,3-6,8H2. The Kier molecular flexibility index (Phi) is 2.78. The van der Waals surface area contributed by atoms with Crippen LogP contribution in [0.15, 0.2) is 18.2 Å². The highest BCUT2D eigenvalue weighted by molar-refractivity contribution is 5.94. The number of rotatable bonds is 1. The minimum Gasteiger partial charge on any atom is -0.333 e. The summed E-state index contributed by atoms with van der Waals surface area (Å²) >= 11 is 0. The van der Waals surface area contributed by atoms with Crippen molar-refractivity contribution in [3.8, 4) is 0 Å². The highest BCUT2D eigenvalue weighted by atomic mass is 19.1. The van der Waals surface area contributed by atoms with Crippen LogP contribution in [0.3, 0.4) is 0 Å². The fourth-order valence-corrected chi connectivity index (χ4v) is 2.79. The third-order valence-corrected chi connectivity index (χ3v) is 3.77. The lowest BCUT2D eigenvalue weighted by Crippen LogP contribution is -2.49. The van der Waals surface area contributed by atoms with Gasteiger partial charge in [-0.2, -0.15) is 0 Å². The molecule has 3 rings (SSSR count). The molecule has 0 aliphatic carbocycles. The molecule has 0 aromatic heterocycles. The van der Waals surface area contributed by atoms with Crippen LogP contribution in [0.2, 0.25) is 0 Å². The van der Waals surface area contributed by atoms with Crippen molar-refractivity contribution in [3.05, 3.63) is 35.4 Å². The number of piperazine rings is 1.